The highest BCUT2D eigenvalue weighted by Gasteiger charge is 2.40. The SMILES string of the molecule is CC[C@@H]1c2c(cc(C)nc2C(=O)Nc2cccc(C(=O)NC(=[NH2+])/C=C\NC)c2)C(=O)N1c1ccc(-n2c(C)nn(C)c2=O)cc1. The van der Waals surface area contributed by atoms with E-state index in [1.807, 2.05) is 6.92 Å². The summed E-state index contributed by atoms with van der Waals surface area (Å²) in [4.78, 5) is 59.0. The third kappa shape index (κ3) is 5.87. The number of aryl methyl sites for hydroxylation is 3. The van der Waals surface area contributed by atoms with Crippen LogP contribution in [0, 0.1) is 13.8 Å². The number of amidine groups is 1. The van der Waals surface area contributed by atoms with Gasteiger partial charge in [-0.15, -0.1) is 0 Å². The zero-order valence-corrected chi connectivity index (χ0v) is 25.6. The number of aromatic nitrogens is 4. The number of amides is 3. The molecule has 0 spiro atoms. The largest absolute Gasteiger partial charge is 0.394 e. The van der Waals surface area contributed by atoms with Crippen LogP contribution >= 0.6 is 0 Å². The minimum absolute atomic E-state index is 0.131. The molecule has 2 aromatic carbocycles. The molecule has 2 aromatic heterocycles. The Morgan fingerprint density at radius 2 is 1.73 bits per heavy atom. The van der Waals surface area contributed by atoms with Gasteiger partial charge in [-0.25, -0.2) is 29.1 Å². The monoisotopic (exact) mass is 608 g/mol. The van der Waals surface area contributed by atoms with Crippen LogP contribution < -0.4 is 31.9 Å². The lowest BCUT2D eigenvalue weighted by Crippen LogP contribution is -2.49. The molecule has 1 aliphatic rings. The summed E-state index contributed by atoms with van der Waals surface area (Å²) in [5.41, 5.74) is 3.20. The third-order valence-corrected chi connectivity index (χ3v) is 7.43. The number of hydrogen-bond acceptors (Lipinski definition) is 7. The lowest BCUT2D eigenvalue weighted by atomic mass is 9.99. The van der Waals surface area contributed by atoms with Gasteiger partial charge in [0.15, 0.2) is 0 Å². The number of hydrogen-bond donors (Lipinski definition) is 4. The fourth-order valence-corrected chi connectivity index (χ4v) is 5.45. The Kier molecular flexibility index (Phi) is 8.44. The Morgan fingerprint density at radius 1 is 1.02 bits per heavy atom. The minimum Gasteiger partial charge on any atom is -0.394 e. The Bertz CT molecular complexity index is 1920. The summed E-state index contributed by atoms with van der Waals surface area (Å²) in [5.74, 6) is -0.511. The van der Waals surface area contributed by atoms with Crippen molar-refractivity contribution in [3.05, 3.63) is 111 Å². The highest BCUT2D eigenvalue weighted by atomic mass is 16.2. The first-order valence-electron chi connectivity index (χ1n) is 14.3. The molecule has 0 fully saturated rings. The van der Waals surface area contributed by atoms with Gasteiger partial charge in [-0.05, 0) is 68.8 Å². The fraction of sp³-hybridized carbons (Fsp3) is 0.219. The second-order valence-corrected chi connectivity index (χ2v) is 10.5. The summed E-state index contributed by atoms with van der Waals surface area (Å²) in [7, 11) is 3.29. The molecule has 3 heterocycles. The molecule has 45 heavy (non-hydrogen) atoms. The van der Waals surface area contributed by atoms with Gasteiger partial charge in [0.05, 0.1) is 17.3 Å². The maximum atomic E-state index is 13.8. The molecular formula is C32H34N9O4+. The fourth-order valence-electron chi connectivity index (χ4n) is 5.45. The first-order chi connectivity index (χ1) is 21.5. The average molecular weight is 609 g/mol. The smallest absolute Gasteiger partial charge is 0.350 e. The van der Waals surface area contributed by atoms with Crippen molar-refractivity contribution in [1.29, 1.82) is 0 Å². The van der Waals surface area contributed by atoms with Gasteiger partial charge in [0.2, 0.25) is 0 Å². The van der Waals surface area contributed by atoms with Crippen LogP contribution in [0.1, 0.15) is 67.7 Å². The summed E-state index contributed by atoms with van der Waals surface area (Å²) >= 11 is 0. The van der Waals surface area contributed by atoms with E-state index in [2.05, 4.69) is 26.0 Å². The van der Waals surface area contributed by atoms with Crippen LogP contribution in [0.2, 0.25) is 0 Å². The van der Waals surface area contributed by atoms with Gasteiger partial charge in [0, 0.05) is 54.6 Å². The maximum absolute atomic E-state index is 13.8. The number of rotatable bonds is 8. The molecule has 0 radical (unpaired) electrons. The average Bonchev–Trinajstić information content (AvgIpc) is 3.45. The summed E-state index contributed by atoms with van der Waals surface area (Å²) in [6.45, 7) is 5.41. The number of benzene rings is 2. The zero-order valence-electron chi connectivity index (χ0n) is 25.6. The van der Waals surface area contributed by atoms with E-state index in [1.165, 1.54) is 21.4 Å². The van der Waals surface area contributed by atoms with E-state index in [-0.39, 0.29) is 28.7 Å². The van der Waals surface area contributed by atoms with Gasteiger partial charge in [-0.2, -0.15) is 5.10 Å². The van der Waals surface area contributed by atoms with E-state index < -0.39 is 17.9 Å². The molecule has 3 amide bonds. The highest BCUT2D eigenvalue weighted by molar-refractivity contribution is 6.15. The number of nitrogens with two attached hydrogens (primary N) is 1. The number of carbonyl (C=O) groups excluding carboxylic acids is 3. The molecule has 1 atom stereocenters. The van der Waals surface area contributed by atoms with E-state index in [0.717, 1.165) is 0 Å². The number of carbonyl (C=O) groups is 3. The normalized spacial score (nSPS) is 14.0. The second-order valence-electron chi connectivity index (χ2n) is 10.5. The molecule has 5 rings (SSSR count). The van der Waals surface area contributed by atoms with Crippen molar-refractivity contribution >= 4 is 34.9 Å². The second kappa shape index (κ2) is 12.4. The Balaban J connectivity index is 1.43. The molecule has 0 saturated heterocycles. The molecule has 0 saturated carbocycles. The van der Waals surface area contributed by atoms with Crippen molar-refractivity contribution in [2.75, 3.05) is 17.3 Å². The summed E-state index contributed by atoms with van der Waals surface area (Å²) in [6, 6.07) is 14.7. The van der Waals surface area contributed by atoms with Gasteiger partial charge < -0.3 is 15.5 Å². The van der Waals surface area contributed by atoms with E-state index >= 15 is 0 Å². The van der Waals surface area contributed by atoms with Crippen molar-refractivity contribution in [2.24, 2.45) is 7.05 Å². The molecule has 5 N–H and O–H groups in total. The Labute approximate surface area is 259 Å². The zero-order chi connectivity index (χ0) is 32.4. The van der Waals surface area contributed by atoms with E-state index in [9.17, 15) is 19.2 Å². The van der Waals surface area contributed by atoms with Crippen LogP contribution in [-0.2, 0) is 7.05 Å². The molecule has 4 aromatic rings. The molecule has 13 heteroatoms. The summed E-state index contributed by atoms with van der Waals surface area (Å²) in [6.07, 6.45) is 3.61. The number of pyridine rings is 1. The number of fused-ring (bicyclic) bond motifs is 1. The first-order valence-corrected chi connectivity index (χ1v) is 14.3. The van der Waals surface area contributed by atoms with Crippen LogP contribution in [0.15, 0.2) is 71.7 Å². The quantitative estimate of drug-likeness (QED) is 0.174. The Hall–Kier alpha value is -5.85. The van der Waals surface area contributed by atoms with Crippen LogP contribution in [-0.4, -0.2) is 49.9 Å². The molecule has 230 valence electrons. The summed E-state index contributed by atoms with van der Waals surface area (Å²) < 4.78 is 2.76. The predicted molar refractivity (Wildman–Crippen MR) is 169 cm³/mol. The molecule has 1 aliphatic heterocycles. The Morgan fingerprint density at radius 3 is 2.38 bits per heavy atom. The van der Waals surface area contributed by atoms with Crippen molar-refractivity contribution in [3.63, 3.8) is 0 Å². The van der Waals surface area contributed by atoms with Crippen molar-refractivity contribution in [3.8, 4) is 5.69 Å². The molecular weight excluding hydrogens is 574 g/mol. The molecule has 0 aliphatic carbocycles. The standard InChI is InChI=1S/C32H33N9O4/c1-6-25-27-24(31(44)41(25)23-12-10-22(11-13-23)40-19(3)38-39(5)32(40)45)16-18(2)35-28(27)30(43)36-21-9-7-8-20(17-21)29(42)37-26(33)14-15-34-4/h7-17,25,34H,6H2,1-5H3,(H,36,43)(H2,33,37,42)/p+1/b15-14-/t25-/m1/s1. The van der Waals surface area contributed by atoms with E-state index in [0.29, 0.717) is 46.1 Å². The molecule has 0 bridgehead atoms. The van der Waals surface area contributed by atoms with Crippen LogP contribution in [0.4, 0.5) is 11.4 Å². The van der Waals surface area contributed by atoms with E-state index in [1.54, 1.807) is 87.6 Å². The van der Waals surface area contributed by atoms with Gasteiger partial charge >= 0.3 is 11.6 Å². The molecule has 13 nitrogen and oxygen atoms in total. The predicted octanol–water partition coefficient (Wildman–Crippen LogP) is 1.57. The van der Waals surface area contributed by atoms with Crippen molar-refractivity contribution in [1.82, 2.24) is 30.0 Å². The van der Waals surface area contributed by atoms with E-state index in [4.69, 9.17) is 5.41 Å². The third-order valence-electron chi connectivity index (χ3n) is 7.43. The number of nitrogens with zero attached hydrogens (tertiary/aromatic N) is 5. The number of anilines is 2. The minimum atomic E-state index is -0.509. The van der Waals surface area contributed by atoms with Crippen molar-refractivity contribution < 1.29 is 19.8 Å². The van der Waals surface area contributed by atoms with Crippen LogP contribution in [0.3, 0.4) is 0 Å². The molecule has 0 unspecified atom stereocenters. The topological polar surface area (TPSA) is 169 Å². The van der Waals surface area contributed by atoms with Gasteiger partial charge in [-0.3, -0.25) is 15.0 Å². The van der Waals surface area contributed by atoms with Crippen LogP contribution in [0.5, 0.6) is 0 Å². The van der Waals surface area contributed by atoms with Gasteiger partial charge in [0.1, 0.15) is 11.5 Å². The number of nitrogens with one attached hydrogen (secondary N) is 3. The van der Waals surface area contributed by atoms with Crippen molar-refractivity contribution in [2.45, 2.75) is 33.2 Å². The summed E-state index contributed by atoms with van der Waals surface area (Å²) in [5, 5.41) is 18.2. The highest BCUT2D eigenvalue weighted by Crippen LogP contribution is 2.41. The van der Waals surface area contributed by atoms with Gasteiger partial charge in [0.25, 0.3) is 17.6 Å². The first kappa shape index (κ1) is 30.6. The maximum Gasteiger partial charge on any atom is 0.350 e. The lowest BCUT2D eigenvalue weighted by Gasteiger charge is -2.25. The van der Waals surface area contributed by atoms with Gasteiger partial charge in [-0.1, -0.05) is 13.0 Å². The van der Waals surface area contributed by atoms with Crippen LogP contribution in [0.25, 0.3) is 5.69 Å². The lowest BCUT2D eigenvalue weighted by molar-refractivity contribution is -0.115.